The van der Waals surface area contributed by atoms with Gasteiger partial charge in [-0.25, -0.2) is 0 Å². The van der Waals surface area contributed by atoms with E-state index in [1.54, 1.807) is 13.8 Å². The normalized spacial score (nSPS) is 52.0. The Balaban J connectivity index is 2.75. The fraction of sp³-hybridized carbons (Fsp3) is 1.00. The van der Waals surface area contributed by atoms with E-state index in [4.69, 9.17) is 0 Å². The highest BCUT2D eigenvalue weighted by Gasteiger charge is 2.45. The van der Waals surface area contributed by atoms with Crippen molar-refractivity contribution in [3.63, 3.8) is 0 Å². The predicted molar refractivity (Wildman–Crippen MR) is 35.1 cm³/mol. The van der Waals surface area contributed by atoms with Crippen molar-refractivity contribution in [2.45, 2.75) is 44.3 Å². The minimum Gasteiger partial charge on any atom is -0.387 e. The van der Waals surface area contributed by atoms with Crippen LogP contribution in [0.4, 0.5) is 0 Å². The van der Waals surface area contributed by atoms with Crippen LogP contribution in [0.3, 0.4) is 0 Å². The third-order valence-corrected chi connectivity index (χ3v) is 2.49. The minimum absolute atomic E-state index is 0.722. The standard InChI is InChI=1S/C7H14O2/c1-6(8)4-3-5-7(6,2)9/h8-9H,3-5H2,1-2H3/t6-,7?/m0/s1. The quantitative estimate of drug-likeness (QED) is 0.506. The summed E-state index contributed by atoms with van der Waals surface area (Å²) in [5, 5.41) is 18.9. The fourth-order valence-electron chi connectivity index (χ4n) is 1.32. The highest BCUT2D eigenvalue weighted by atomic mass is 16.4. The van der Waals surface area contributed by atoms with E-state index in [-0.39, 0.29) is 0 Å². The first-order valence-electron chi connectivity index (χ1n) is 3.40. The summed E-state index contributed by atoms with van der Waals surface area (Å²) in [5.74, 6) is 0. The molecule has 0 saturated heterocycles. The molecule has 0 aliphatic heterocycles. The number of hydrogen-bond acceptors (Lipinski definition) is 2. The van der Waals surface area contributed by atoms with Crippen LogP contribution in [0.15, 0.2) is 0 Å². The summed E-state index contributed by atoms with van der Waals surface area (Å²) in [4.78, 5) is 0. The van der Waals surface area contributed by atoms with Gasteiger partial charge in [0.2, 0.25) is 0 Å². The van der Waals surface area contributed by atoms with E-state index in [0.29, 0.717) is 0 Å². The molecular formula is C7H14O2. The monoisotopic (exact) mass is 130 g/mol. The highest BCUT2D eigenvalue weighted by molar-refractivity contribution is 4.98. The summed E-state index contributed by atoms with van der Waals surface area (Å²) in [6.45, 7) is 3.39. The van der Waals surface area contributed by atoms with Crippen molar-refractivity contribution < 1.29 is 10.2 Å². The molecule has 0 aromatic heterocycles. The molecule has 1 fully saturated rings. The molecule has 0 bridgehead atoms. The number of aliphatic hydroxyl groups is 2. The largest absolute Gasteiger partial charge is 0.387 e. The lowest BCUT2D eigenvalue weighted by molar-refractivity contribution is -0.107. The zero-order valence-electron chi connectivity index (χ0n) is 6.02. The molecule has 9 heavy (non-hydrogen) atoms. The minimum atomic E-state index is -0.854. The average molecular weight is 130 g/mol. The lowest BCUT2D eigenvalue weighted by atomic mass is 9.90. The van der Waals surface area contributed by atoms with Crippen LogP contribution < -0.4 is 0 Å². The van der Waals surface area contributed by atoms with Crippen LogP contribution in [0.25, 0.3) is 0 Å². The summed E-state index contributed by atoms with van der Waals surface area (Å²) in [5.41, 5.74) is -1.71. The van der Waals surface area contributed by atoms with Crippen LogP contribution in [0.2, 0.25) is 0 Å². The smallest absolute Gasteiger partial charge is 0.0902 e. The first-order valence-corrected chi connectivity index (χ1v) is 3.40. The van der Waals surface area contributed by atoms with Crippen molar-refractivity contribution >= 4 is 0 Å². The Hall–Kier alpha value is -0.0800. The van der Waals surface area contributed by atoms with Crippen molar-refractivity contribution in [2.75, 3.05) is 0 Å². The third kappa shape index (κ3) is 0.970. The van der Waals surface area contributed by atoms with Gasteiger partial charge in [0.15, 0.2) is 0 Å². The Kier molecular flexibility index (Phi) is 1.33. The number of hydrogen-bond donors (Lipinski definition) is 2. The van der Waals surface area contributed by atoms with Gasteiger partial charge in [0, 0.05) is 0 Å². The van der Waals surface area contributed by atoms with E-state index < -0.39 is 11.2 Å². The van der Waals surface area contributed by atoms with Gasteiger partial charge in [-0.05, 0) is 33.1 Å². The van der Waals surface area contributed by atoms with Crippen molar-refractivity contribution in [2.24, 2.45) is 0 Å². The molecule has 2 atom stereocenters. The topological polar surface area (TPSA) is 40.5 Å². The molecule has 2 N–H and O–H groups in total. The average Bonchev–Trinajstić information content (AvgIpc) is 1.81. The van der Waals surface area contributed by atoms with E-state index in [0.717, 1.165) is 19.3 Å². The maximum atomic E-state index is 9.47. The zero-order valence-corrected chi connectivity index (χ0v) is 6.02. The number of rotatable bonds is 0. The van der Waals surface area contributed by atoms with E-state index >= 15 is 0 Å². The van der Waals surface area contributed by atoms with Crippen LogP contribution in [-0.4, -0.2) is 21.4 Å². The molecule has 54 valence electrons. The molecule has 1 unspecified atom stereocenters. The molecule has 0 radical (unpaired) electrons. The summed E-state index contributed by atoms with van der Waals surface area (Å²) in [6.07, 6.45) is 2.38. The van der Waals surface area contributed by atoms with Crippen molar-refractivity contribution in [1.29, 1.82) is 0 Å². The molecule has 2 heteroatoms. The summed E-state index contributed by atoms with van der Waals surface area (Å²) in [7, 11) is 0. The van der Waals surface area contributed by atoms with E-state index in [9.17, 15) is 10.2 Å². The molecule has 1 rings (SSSR count). The lowest BCUT2D eigenvalue weighted by Crippen LogP contribution is -2.44. The predicted octanol–water partition coefficient (Wildman–Crippen LogP) is 0.672. The zero-order chi connectivity index (χ0) is 7.12. The van der Waals surface area contributed by atoms with Gasteiger partial charge in [0.1, 0.15) is 0 Å². The van der Waals surface area contributed by atoms with Gasteiger partial charge in [-0.2, -0.15) is 0 Å². The van der Waals surface area contributed by atoms with E-state index in [1.807, 2.05) is 0 Å². The lowest BCUT2D eigenvalue weighted by Gasteiger charge is -2.31. The molecule has 1 aliphatic carbocycles. The molecule has 0 spiro atoms. The van der Waals surface area contributed by atoms with Crippen molar-refractivity contribution in [3.8, 4) is 0 Å². The maximum absolute atomic E-state index is 9.47. The Morgan fingerprint density at radius 2 is 1.33 bits per heavy atom. The van der Waals surface area contributed by atoms with Gasteiger partial charge in [-0.15, -0.1) is 0 Å². The summed E-state index contributed by atoms with van der Waals surface area (Å²) >= 11 is 0. The van der Waals surface area contributed by atoms with Crippen LogP contribution in [0.1, 0.15) is 33.1 Å². The first-order chi connectivity index (χ1) is 3.96. The molecule has 1 aliphatic rings. The van der Waals surface area contributed by atoms with Gasteiger partial charge in [-0.1, -0.05) is 0 Å². The van der Waals surface area contributed by atoms with Crippen LogP contribution in [0, 0.1) is 0 Å². The first kappa shape index (κ1) is 7.03. The summed E-state index contributed by atoms with van der Waals surface area (Å²) < 4.78 is 0. The Morgan fingerprint density at radius 1 is 1.00 bits per heavy atom. The second-order valence-electron chi connectivity index (χ2n) is 3.40. The Bertz CT molecular complexity index is 102. The van der Waals surface area contributed by atoms with Gasteiger partial charge in [-0.3, -0.25) is 0 Å². The molecule has 1 saturated carbocycles. The maximum Gasteiger partial charge on any atom is 0.0902 e. The molecule has 0 aromatic carbocycles. The van der Waals surface area contributed by atoms with Gasteiger partial charge in [0.05, 0.1) is 11.2 Å². The van der Waals surface area contributed by atoms with Crippen molar-refractivity contribution in [1.82, 2.24) is 0 Å². The second-order valence-corrected chi connectivity index (χ2v) is 3.40. The molecule has 2 nitrogen and oxygen atoms in total. The van der Waals surface area contributed by atoms with Gasteiger partial charge < -0.3 is 10.2 Å². The SMILES string of the molecule is CC1(O)CCC[C@]1(C)O. The van der Waals surface area contributed by atoms with Crippen LogP contribution in [-0.2, 0) is 0 Å². The van der Waals surface area contributed by atoms with Crippen LogP contribution in [0.5, 0.6) is 0 Å². The van der Waals surface area contributed by atoms with Crippen molar-refractivity contribution in [3.05, 3.63) is 0 Å². The van der Waals surface area contributed by atoms with Gasteiger partial charge in [0.25, 0.3) is 0 Å². The summed E-state index contributed by atoms with van der Waals surface area (Å²) in [6, 6.07) is 0. The van der Waals surface area contributed by atoms with E-state index in [1.165, 1.54) is 0 Å². The molecule has 0 aromatic rings. The molecule has 0 amide bonds. The third-order valence-electron chi connectivity index (χ3n) is 2.49. The van der Waals surface area contributed by atoms with Gasteiger partial charge >= 0.3 is 0 Å². The molecular weight excluding hydrogens is 116 g/mol. The molecule has 0 heterocycles. The van der Waals surface area contributed by atoms with Crippen LogP contribution >= 0.6 is 0 Å². The second kappa shape index (κ2) is 1.70. The van der Waals surface area contributed by atoms with E-state index in [2.05, 4.69) is 0 Å². The fourth-order valence-corrected chi connectivity index (χ4v) is 1.32. The Labute approximate surface area is 55.5 Å². The highest BCUT2D eigenvalue weighted by Crippen LogP contribution is 2.38. The Morgan fingerprint density at radius 3 is 1.44 bits per heavy atom.